The van der Waals surface area contributed by atoms with Crippen molar-refractivity contribution < 1.29 is 23.4 Å². The summed E-state index contributed by atoms with van der Waals surface area (Å²) in [5.74, 6) is 2.53. The van der Waals surface area contributed by atoms with Gasteiger partial charge in [-0.05, 0) is 55.5 Å². The summed E-state index contributed by atoms with van der Waals surface area (Å²) in [7, 11) is 4.90. The molecule has 0 spiro atoms. The van der Waals surface area contributed by atoms with Gasteiger partial charge in [0.1, 0.15) is 22.8 Å². The maximum Gasteiger partial charge on any atom is 0.244 e. The second-order valence-electron chi connectivity index (χ2n) is 8.97. The van der Waals surface area contributed by atoms with E-state index in [0.717, 1.165) is 46.2 Å². The van der Waals surface area contributed by atoms with Crippen LogP contribution in [0.5, 0.6) is 17.2 Å². The first-order chi connectivity index (χ1) is 16.4. The molecule has 1 aliphatic rings. The standard InChI is InChI=1S/C28H33NO5/c1-17-8-6-7-9-24(17)29-28(30)12-18(2)20-14-22-23(16-34-27(22)15-26(20)33-5)21-13-19(31-3)10-11-25(21)32-4/h10-17,24H,6-9H2,1-5H3,(H,29,30)/b18-12+. The first-order valence-corrected chi connectivity index (χ1v) is 11.8. The van der Waals surface area contributed by atoms with Crippen LogP contribution in [0, 0.1) is 5.92 Å². The summed E-state index contributed by atoms with van der Waals surface area (Å²) in [6.45, 7) is 4.14. The van der Waals surface area contributed by atoms with Gasteiger partial charge in [0.25, 0.3) is 0 Å². The average Bonchev–Trinajstić information content (AvgIpc) is 3.26. The highest BCUT2D eigenvalue weighted by Crippen LogP contribution is 2.41. The summed E-state index contributed by atoms with van der Waals surface area (Å²) in [6.07, 6.45) is 7.98. The number of ether oxygens (including phenoxy) is 3. The fraction of sp³-hybridized carbons (Fsp3) is 0.393. The van der Waals surface area contributed by atoms with Gasteiger partial charge in [0.05, 0.1) is 27.6 Å². The van der Waals surface area contributed by atoms with Gasteiger partial charge in [-0.25, -0.2) is 0 Å². The van der Waals surface area contributed by atoms with Gasteiger partial charge >= 0.3 is 0 Å². The van der Waals surface area contributed by atoms with Crippen molar-refractivity contribution in [2.45, 2.75) is 45.6 Å². The van der Waals surface area contributed by atoms with E-state index in [1.165, 1.54) is 12.8 Å². The molecule has 0 radical (unpaired) electrons. The molecule has 3 aromatic rings. The molecule has 1 aliphatic carbocycles. The van der Waals surface area contributed by atoms with Crippen molar-refractivity contribution in [1.29, 1.82) is 0 Å². The zero-order valence-electron chi connectivity index (χ0n) is 20.6. The Morgan fingerprint density at radius 1 is 1.00 bits per heavy atom. The number of nitrogens with one attached hydrogen (secondary N) is 1. The first kappa shape index (κ1) is 23.7. The highest BCUT2D eigenvalue weighted by molar-refractivity contribution is 6.01. The largest absolute Gasteiger partial charge is 0.497 e. The Morgan fingerprint density at radius 3 is 2.47 bits per heavy atom. The number of methoxy groups -OCH3 is 3. The number of carbonyl (C=O) groups is 1. The van der Waals surface area contributed by atoms with Gasteiger partial charge < -0.3 is 23.9 Å². The van der Waals surface area contributed by atoms with Crippen LogP contribution in [0.1, 0.15) is 45.1 Å². The molecule has 0 aliphatic heterocycles. The Balaban J connectivity index is 1.72. The molecule has 180 valence electrons. The van der Waals surface area contributed by atoms with Crippen LogP contribution in [0.3, 0.4) is 0 Å². The molecule has 1 saturated carbocycles. The molecule has 34 heavy (non-hydrogen) atoms. The molecule has 2 unspecified atom stereocenters. The Kier molecular flexibility index (Phi) is 7.15. The lowest BCUT2D eigenvalue weighted by Gasteiger charge is -2.29. The fourth-order valence-electron chi connectivity index (χ4n) is 4.79. The summed E-state index contributed by atoms with van der Waals surface area (Å²) >= 11 is 0. The Bertz CT molecular complexity index is 1210. The molecule has 0 saturated heterocycles. The third kappa shape index (κ3) is 4.76. The lowest BCUT2D eigenvalue weighted by Crippen LogP contribution is -2.40. The minimum Gasteiger partial charge on any atom is -0.497 e. The molecule has 1 amide bonds. The van der Waals surface area contributed by atoms with E-state index >= 15 is 0 Å². The van der Waals surface area contributed by atoms with Crippen LogP contribution >= 0.6 is 0 Å². The van der Waals surface area contributed by atoms with Crippen LogP contribution < -0.4 is 19.5 Å². The van der Waals surface area contributed by atoms with Gasteiger partial charge in [-0.15, -0.1) is 0 Å². The van der Waals surface area contributed by atoms with Crippen LogP contribution in [0.25, 0.3) is 27.7 Å². The molecule has 1 fully saturated rings. The molecule has 4 rings (SSSR count). The van der Waals surface area contributed by atoms with Crippen LogP contribution in [-0.4, -0.2) is 33.3 Å². The number of allylic oxidation sites excluding steroid dienone is 1. The Hall–Kier alpha value is -3.41. The number of carbonyl (C=O) groups excluding carboxylic acids is 1. The average molecular weight is 464 g/mol. The number of fused-ring (bicyclic) bond motifs is 1. The van der Waals surface area contributed by atoms with Crippen molar-refractivity contribution in [1.82, 2.24) is 5.32 Å². The van der Waals surface area contributed by atoms with Crippen molar-refractivity contribution >= 4 is 22.4 Å². The van der Waals surface area contributed by atoms with Crippen molar-refractivity contribution in [3.05, 3.63) is 48.2 Å². The molecule has 1 N–H and O–H groups in total. The van der Waals surface area contributed by atoms with Gasteiger partial charge in [0.15, 0.2) is 0 Å². The molecule has 1 aromatic heterocycles. The van der Waals surface area contributed by atoms with Gasteiger partial charge in [0, 0.05) is 40.3 Å². The van der Waals surface area contributed by atoms with Crippen LogP contribution in [0.15, 0.2) is 47.1 Å². The van der Waals surface area contributed by atoms with Gasteiger partial charge in [-0.3, -0.25) is 4.79 Å². The normalized spacial score (nSPS) is 18.6. The third-order valence-corrected chi connectivity index (χ3v) is 6.80. The zero-order chi connectivity index (χ0) is 24.2. The minimum absolute atomic E-state index is 0.0692. The van der Waals surface area contributed by atoms with E-state index in [1.54, 1.807) is 33.7 Å². The van der Waals surface area contributed by atoms with E-state index < -0.39 is 0 Å². The van der Waals surface area contributed by atoms with E-state index in [9.17, 15) is 4.79 Å². The Morgan fingerprint density at radius 2 is 1.76 bits per heavy atom. The first-order valence-electron chi connectivity index (χ1n) is 11.8. The predicted molar refractivity (Wildman–Crippen MR) is 135 cm³/mol. The predicted octanol–water partition coefficient (Wildman–Crippen LogP) is 6.22. The topological polar surface area (TPSA) is 69.9 Å². The number of hydrogen-bond acceptors (Lipinski definition) is 5. The summed E-state index contributed by atoms with van der Waals surface area (Å²) in [4.78, 5) is 12.8. The number of hydrogen-bond donors (Lipinski definition) is 1. The lowest BCUT2D eigenvalue weighted by molar-refractivity contribution is -0.117. The molecule has 6 nitrogen and oxygen atoms in total. The SMILES string of the molecule is COc1ccc(OC)c(-c2coc3cc(OC)c(/C(C)=C/C(=O)NC4CCCCC4C)cc23)c1. The van der Waals surface area contributed by atoms with Crippen molar-refractivity contribution in [2.24, 2.45) is 5.92 Å². The molecule has 2 aromatic carbocycles. The number of amides is 1. The highest BCUT2D eigenvalue weighted by Gasteiger charge is 2.23. The van der Waals surface area contributed by atoms with Crippen molar-refractivity contribution in [3.63, 3.8) is 0 Å². The van der Waals surface area contributed by atoms with Crippen molar-refractivity contribution in [3.8, 4) is 28.4 Å². The molecule has 6 heteroatoms. The second kappa shape index (κ2) is 10.2. The minimum atomic E-state index is -0.0692. The van der Waals surface area contributed by atoms with E-state index in [0.29, 0.717) is 23.0 Å². The second-order valence-corrected chi connectivity index (χ2v) is 8.97. The third-order valence-electron chi connectivity index (χ3n) is 6.80. The van der Waals surface area contributed by atoms with Crippen LogP contribution in [0.4, 0.5) is 0 Å². The summed E-state index contributed by atoms with van der Waals surface area (Å²) in [5.41, 5.74) is 4.09. The number of rotatable bonds is 7. The van der Waals surface area contributed by atoms with Crippen molar-refractivity contribution in [2.75, 3.05) is 21.3 Å². The molecule has 1 heterocycles. The zero-order valence-corrected chi connectivity index (χ0v) is 20.6. The summed E-state index contributed by atoms with van der Waals surface area (Å²) < 4.78 is 22.5. The van der Waals surface area contributed by atoms with Crippen LogP contribution in [-0.2, 0) is 4.79 Å². The van der Waals surface area contributed by atoms with Gasteiger partial charge in [0.2, 0.25) is 5.91 Å². The van der Waals surface area contributed by atoms with E-state index in [4.69, 9.17) is 18.6 Å². The van der Waals surface area contributed by atoms with E-state index in [-0.39, 0.29) is 11.9 Å². The Labute approximate surface area is 200 Å². The van der Waals surface area contributed by atoms with Gasteiger partial charge in [-0.2, -0.15) is 0 Å². The molecule has 0 bridgehead atoms. The number of furan rings is 1. The van der Waals surface area contributed by atoms with Crippen LogP contribution in [0.2, 0.25) is 0 Å². The molecular formula is C28H33NO5. The summed E-state index contributed by atoms with van der Waals surface area (Å²) in [6, 6.07) is 9.76. The number of benzene rings is 2. The lowest BCUT2D eigenvalue weighted by atomic mass is 9.86. The van der Waals surface area contributed by atoms with E-state index in [1.807, 2.05) is 37.3 Å². The maximum atomic E-state index is 12.8. The molecular weight excluding hydrogens is 430 g/mol. The van der Waals surface area contributed by atoms with E-state index in [2.05, 4.69) is 12.2 Å². The summed E-state index contributed by atoms with van der Waals surface area (Å²) in [5, 5.41) is 4.10. The highest BCUT2D eigenvalue weighted by atomic mass is 16.5. The maximum absolute atomic E-state index is 12.8. The molecule has 2 atom stereocenters. The fourth-order valence-corrected chi connectivity index (χ4v) is 4.79. The smallest absolute Gasteiger partial charge is 0.244 e. The van der Waals surface area contributed by atoms with Gasteiger partial charge in [-0.1, -0.05) is 19.8 Å². The quantitative estimate of drug-likeness (QED) is 0.421. The monoisotopic (exact) mass is 463 g/mol.